The lowest BCUT2D eigenvalue weighted by Gasteiger charge is -2.17. The molecular weight excluding hydrogens is 190 g/mol. The summed E-state index contributed by atoms with van der Waals surface area (Å²) in [6.45, 7) is 8.24. The summed E-state index contributed by atoms with van der Waals surface area (Å²) >= 11 is 0. The highest BCUT2D eigenvalue weighted by Gasteiger charge is 2.11. The number of ether oxygens (including phenoxy) is 1. The van der Waals surface area contributed by atoms with E-state index in [9.17, 15) is 0 Å². The van der Waals surface area contributed by atoms with E-state index in [0.717, 1.165) is 12.0 Å². The van der Waals surface area contributed by atoms with Gasteiger partial charge in [-0.25, -0.2) is 9.97 Å². The van der Waals surface area contributed by atoms with Crippen molar-refractivity contribution in [2.45, 2.75) is 40.2 Å². The molecule has 1 unspecified atom stereocenters. The van der Waals surface area contributed by atoms with E-state index < -0.39 is 0 Å². The third-order valence-electron chi connectivity index (χ3n) is 2.19. The van der Waals surface area contributed by atoms with Gasteiger partial charge in [0.05, 0.1) is 11.7 Å². The Morgan fingerprint density at radius 3 is 2.60 bits per heavy atom. The maximum Gasteiger partial charge on any atom is 0.221 e. The second-order valence-corrected chi connectivity index (χ2v) is 4.25. The van der Waals surface area contributed by atoms with Gasteiger partial charge in [-0.3, -0.25) is 0 Å². The summed E-state index contributed by atoms with van der Waals surface area (Å²) in [4.78, 5) is 7.97. The summed E-state index contributed by atoms with van der Waals surface area (Å²) in [5, 5.41) is 0. The van der Waals surface area contributed by atoms with Gasteiger partial charge in [-0.15, -0.1) is 0 Å². The Balaban J connectivity index is 2.68. The molecule has 1 aromatic heterocycles. The number of nitrogen functional groups attached to an aromatic ring is 1. The molecule has 84 valence electrons. The molecule has 0 fully saturated rings. The van der Waals surface area contributed by atoms with Gasteiger partial charge in [0, 0.05) is 0 Å². The van der Waals surface area contributed by atoms with Crippen LogP contribution in [0.25, 0.3) is 0 Å². The van der Waals surface area contributed by atoms with Crippen LogP contribution < -0.4 is 10.5 Å². The van der Waals surface area contributed by atoms with Crippen molar-refractivity contribution < 1.29 is 4.74 Å². The second-order valence-electron chi connectivity index (χ2n) is 4.25. The Hall–Kier alpha value is -1.32. The lowest BCUT2D eigenvalue weighted by Crippen LogP contribution is -2.16. The van der Waals surface area contributed by atoms with Crippen LogP contribution in [0.3, 0.4) is 0 Å². The first-order chi connectivity index (χ1) is 7.00. The first-order valence-electron chi connectivity index (χ1n) is 5.24. The topological polar surface area (TPSA) is 61.0 Å². The molecule has 1 heterocycles. The van der Waals surface area contributed by atoms with Crippen molar-refractivity contribution in [3.8, 4) is 5.88 Å². The van der Waals surface area contributed by atoms with E-state index in [1.807, 2.05) is 13.8 Å². The average molecular weight is 209 g/mol. The third kappa shape index (κ3) is 3.38. The Bertz CT molecular complexity index is 326. The Morgan fingerprint density at radius 1 is 1.33 bits per heavy atom. The Morgan fingerprint density at radius 2 is 2.00 bits per heavy atom. The largest absolute Gasteiger partial charge is 0.474 e. The van der Waals surface area contributed by atoms with Gasteiger partial charge in [-0.1, -0.05) is 13.8 Å². The molecule has 0 saturated carbocycles. The number of aromatic nitrogens is 2. The van der Waals surface area contributed by atoms with Gasteiger partial charge in [0.15, 0.2) is 0 Å². The van der Waals surface area contributed by atoms with Crippen LogP contribution in [-0.2, 0) is 0 Å². The minimum absolute atomic E-state index is 0.151. The first kappa shape index (κ1) is 11.8. The van der Waals surface area contributed by atoms with Crippen molar-refractivity contribution in [1.29, 1.82) is 0 Å². The molecule has 1 rings (SSSR count). The summed E-state index contributed by atoms with van der Waals surface area (Å²) in [7, 11) is 0. The molecule has 0 radical (unpaired) electrons. The standard InChI is InChI=1S/C11H19N3O/c1-7(2)5-8(3)15-11-9(4)10(12)13-6-14-11/h6-8H,5H2,1-4H3,(H2,12,13,14). The van der Waals surface area contributed by atoms with Crippen molar-refractivity contribution >= 4 is 5.82 Å². The molecule has 1 atom stereocenters. The predicted molar refractivity (Wildman–Crippen MR) is 60.7 cm³/mol. The van der Waals surface area contributed by atoms with Crippen LogP contribution >= 0.6 is 0 Å². The maximum atomic E-state index is 5.71. The molecule has 4 heteroatoms. The van der Waals surface area contributed by atoms with Crippen LogP contribution in [-0.4, -0.2) is 16.1 Å². The zero-order valence-electron chi connectivity index (χ0n) is 9.82. The van der Waals surface area contributed by atoms with Gasteiger partial charge >= 0.3 is 0 Å². The Labute approximate surface area is 90.9 Å². The molecule has 0 aromatic carbocycles. The van der Waals surface area contributed by atoms with E-state index in [2.05, 4.69) is 23.8 Å². The number of nitrogens with two attached hydrogens (primary N) is 1. The molecule has 1 aromatic rings. The molecule has 0 bridgehead atoms. The fourth-order valence-corrected chi connectivity index (χ4v) is 1.47. The van der Waals surface area contributed by atoms with Crippen LogP contribution in [0, 0.1) is 12.8 Å². The number of nitrogens with zero attached hydrogens (tertiary/aromatic N) is 2. The zero-order valence-corrected chi connectivity index (χ0v) is 9.82. The first-order valence-corrected chi connectivity index (χ1v) is 5.24. The van der Waals surface area contributed by atoms with E-state index in [1.54, 1.807) is 0 Å². The lowest BCUT2D eigenvalue weighted by molar-refractivity contribution is 0.184. The van der Waals surface area contributed by atoms with Gasteiger partial charge in [0.25, 0.3) is 0 Å². The Kier molecular flexibility index (Phi) is 3.88. The SMILES string of the molecule is Cc1c(N)ncnc1OC(C)CC(C)C. The van der Waals surface area contributed by atoms with Crippen molar-refractivity contribution in [2.24, 2.45) is 5.92 Å². The maximum absolute atomic E-state index is 5.71. The van der Waals surface area contributed by atoms with Gasteiger partial charge in [0.2, 0.25) is 5.88 Å². The van der Waals surface area contributed by atoms with Gasteiger partial charge < -0.3 is 10.5 Å². The van der Waals surface area contributed by atoms with Gasteiger partial charge in [-0.05, 0) is 26.2 Å². The molecule has 0 aliphatic heterocycles. The van der Waals surface area contributed by atoms with Crippen LogP contribution in [0.15, 0.2) is 6.33 Å². The van der Waals surface area contributed by atoms with Crippen LogP contribution in [0.2, 0.25) is 0 Å². The molecule has 0 amide bonds. The fourth-order valence-electron chi connectivity index (χ4n) is 1.47. The lowest BCUT2D eigenvalue weighted by atomic mass is 10.1. The van der Waals surface area contributed by atoms with Gasteiger partial charge in [0.1, 0.15) is 12.1 Å². The monoisotopic (exact) mass is 209 g/mol. The number of hydrogen-bond donors (Lipinski definition) is 1. The highest BCUT2D eigenvalue weighted by molar-refractivity contribution is 5.43. The normalized spacial score (nSPS) is 12.9. The van der Waals surface area contributed by atoms with Crippen molar-refractivity contribution in [3.05, 3.63) is 11.9 Å². The zero-order chi connectivity index (χ0) is 11.4. The van der Waals surface area contributed by atoms with Gasteiger partial charge in [-0.2, -0.15) is 0 Å². The van der Waals surface area contributed by atoms with Crippen molar-refractivity contribution in [1.82, 2.24) is 9.97 Å². The summed E-state index contributed by atoms with van der Waals surface area (Å²) in [5.74, 6) is 1.69. The predicted octanol–water partition coefficient (Wildman–Crippen LogP) is 2.18. The summed E-state index contributed by atoms with van der Waals surface area (Å²) in [5.41, 5.74) is 6.48. The minimum Gasteiger partial charge on any atom is -0.474 e. The molecule has 0 aliphatic carbocycles. The minimum atomic E-state index is 0.151. The van der Waals surface area contributed by atoms with Crippen LogP contribution in [0.4, 0.5) is 5.82 Å². The molecule has 15 heavy (non-hydrogen) atoms. The quantitative estimate of drug-likeness (QED) is 0.825. The van der Waals surface area contributed by atoms with E-state index in [4.69, 9.17) is 10.5 Å². The highest BCUT2D eigenvalue weighted by atomic mass is 16.5. The fraction of sp³-hybridized carbons (Fsp3) is 0.636. The van der Waals surface area contributed by atoms with Crippen molar-refractivity contribution in [2.75, 3.05) is 5.73 Å². The van der Waals surface area contributed by atoms with E-state index in [-0.39, 0.29) is 6.10 Å². The van der Waals surface area contributed by atoms with Crippen LogP contribution in [0.5, 0.6) is 5.88 Å². The van der Waals surface area contributed by atoms with Crippen LogP contribution in [0.1, 0.15) is 32.8 Å². The molecule has 2 N–H and O–H groups in total. The summed E-state index contributed by atoms with van der Waals surface area (Å²) in [6.07, 6.45) is 2.58. The molecule has 0 aliphatic rings. The molecule has 0 spiro atoms. The summed E-state index contributed by atoms with van der Waals surface area (Å²) < 4.78 is 5.71. The number of hydrogen-bond acceptors (Lipinski definition) is 4. The number of rotatable bonds is 4. The highest BCUT2D eigenvalue weighted by Crippen LogP contribution is 2.20. The average Bonchev–Trinajstić information content (AvgIpc) is 2.11. The number of anilines is 1. The van der Waals surface area contributed by atoms with E-state index in [1.165, 1.54) is 6.33 Å². The molecule has 4 nitrogen and oxygen atoms in total. The van der Waals surface area contributed by atoms with E-state index in [0.29, 0.717) is 17.6 Å². The second kappa shape index (κ2) is 4.96. The van der Waals surface area contributed by atoms with Crippen molar-refractivity contribution in [3.63, 3.8) is 0 Å². The molecular formula is C11H19N3O. The summed E-state index contributed by atoms with van der Waals surface area (Å²) in [6, 6.07) is 0. The van der Waals surface area contributed by atoms with E-state index >= 15 is 0 Å². The third-order valence-corrected chi connectivity index (χ3v) is 2.19. The smallest absolute Gasteiger partial charge is 0.221 e. The molecule has 0 saturated heterocycles.